The van der Waals surface area contributed by atoms with Gasteiger partial charge in [-0.1, -0.05) is 42.6 Å². The van der Waals surface area contributed by atoms with Crippen molar-refractivity contribution in [2.24, 2.45) is 5.92 Å². The number of rotatable bonds is 4. The number of halogens is 1. The van der Waals surface area contributed by atoms with Crippen LogP contribution in [0.2, 0.25) is 5.02 Å². The first kappa shape index (κ1) is 11.9. The van der Waals surface area contributed by atoms with Gasteiger partial charge in [-0.2, -0.15) is 0 Å². The second kappa shape index (κ2) is 5.70. The minimum atomic E-state index is 0.356. The highest BCUT2D eigenvalue weighted by molar-refractivity contribution is 6.31. The predicted molar refractivity (Wildman–Crippen MR) is 69.8 cm³/mol. The SMILES string of the molecule is C[C@H](NCC1CCCC1)c1ccccc1Cl. The van der Waals surface area contributed by atoms with Gasteiger partial charge in [-0.05, 0) is 43.9 Å². The van der Waals surface area contributed by atoms with Crippen molar-refractivity contribution in [3.05, 3.63) is 34.9 Å². The van der Waals surface area contributed by atoms with Crippen LogP contribution in [0.3, 0.4) is 0 Å². The fraction of sp³-hybridized carbons (Fsp3) is 0.571. The molecule has 1 saturated carbocycles. The van der Waals surface area contributed by atoms with Crippen LogP contribution in [0.15, 0.2) is 24.3 Å². The molecule has 1 atom stereocenters. The van der Waals surface area contributed by atoms with Gasteiger partial charge in [0, 0.05) is 11.1 Å². The molecule has 1 aromatic carbocycles. The highest BCUT2D eigenvalue weighted by Gasteiger charge is 2.16. The zero-order chi connectivity index (χ0) is 11.4. The summed E-state index contributed by atoms with van der Waals surface area (Å²) < 4.78 is 0. The molecule has 1 N–H and O–H groups in total. The first-order valence-corrected chi connectivity index (χ1v) is 6.63. The second-order valence-corrected chi connectivity index (χ2v) is 5.21. The van der Waals surface area contributed by atoms with Crippen LogP contribution in [0, 0.1) is 5.92 Å². The molecule has 88 valence electrons. The molecule has 0 unspecified atom stereocenters. The van der Waals surface area contributed by atoms with Crippen molar-refractivity contribution in [3.63, 3.8) is 0 Å². The molecular weight excluding hydrogens is 218 g/mol. The fourth-order valence-electron chi connectivity index (χ4n) is 2.49. The monoisotopic (exact) mass is 237 g/mol. The van der Waals surface area contributed by atoms with Crippen molar-refractivity contribution >= 4 is 11.6 Å². The van der Waals surface area contributed by atoms with E-state index in [0.29, 0.717) is 6.04 Å². The van der Waals surface area contributed by atoms with Gasteiger partial charge >= 0.3 is 0 Å². The summed E-state index contributed by atoms with van der Waals surface area (Å²) in [5.41, 5.74) is 1.21. The lowest BCUT2D eigenvalue weighted by molar-refractivity contribution is 0.452. The van der Waals surface area contributed by atoms with Crippen molar-refractivity contribution in [1.82, 2.24) is 5.32 Å². The van der Waals surface area contributed by atoms with Gasteiger partial charge in [0.1, 0.15) is 0 Å². The highest BCUT2D eigenvalue weighted by Crippen LogP contribution is 2.26. The molecule has 0 heterocycles. The van der Waals surface area contributed by atoms with Crippen molar-refractivity contribution < 1.29 is 0 Å². The van der Waals surface area contributed by atoms with Crippen molar-refractivity contribution in [2.75, 3.05) is 6.54 Å². The largest absolute Gasteiger partial charge is 0.310 e. The molecule has 2 heteroatoms. The van der Waals surface area contributed by atoms with Crippen LogP contribution in [0.4, 0.5) is 0 Å². The molecule has 0 aromatic heterocycles. The number of benzene rings is 1. The van der Waals surface area contributed by atoms with E-state index >= 15 is 0 Å². The third-order valence-corrected chi connectivity index (χ3v) is 3.90. The molecule has 1 fully saturated rings. The minimum absolute atomic E-state index is 0.356. The molecule has 0 bridgehead atoms. The summed E-state index contributed by atoms with van der Waals surface area (Å²) in [5, 5.41) is 4.47. The van der Waals surface area contributed by atoms with E-state index in [1.807, 2.05) is 12.1 Å². The van der Waals surface area contributed by atoms with E-state index in [2.05, 4.69) is 24.4 Å². The lowest BCUT2D eigenvalue weighted by Gasteiger charge is -2.18. The van der Waals surface area contributed by atoms with Crippen LogP contribution < -0.4 is 5.32 Å². The van der Waals surface area contributed by atoms with Crippen molar-refractivity contribution in [2.45, 2.75) is 38.6 Å². The van der Waals surface area contributed by atoms with Gasteiger partial charge in [0.05, 0.1) is 0 Å². The summed E-state index contributed by atoms with van der Waals surface area (Å²) in [6.45, 7) is 3.32. The van der Waals surface area contributed by atoms with Crippen molar-refractivity contribution in [3.8, 4) is 0 Å². The molecule has 0 spiro atoms. The smallest absolute Gasteiger partial charge is 0.0453 e. The fourth-order valence-corrected chi connectivity index (χ4v) is 2.79. The Bertz CT molecular complexity index is 331. The van der Waals surface area contributed by atoms with Gasteiger partial charge in [-0.3, -0.25) is 0 Å². The molecular formula is C14H20ClN. The topological polar surface area (TPSA) is 12.0 Å². The first-order chi connectivity index (χ1) is 7.77. The van der Waals surface area contributed by atoms with Gasteiger partial charge < -0.3 is 5.32 Å². The Kier molecular flexibility index (Phi) is 4.25. The molecule has 2 rings (SSSR count). The Morgan fingerprint density at radius 3 is 2.69 bits per heavy atom. The van der Waals surface area contributed by atoms with Crippen LogP contribution in [0.5, 0.6) is 0 Å². The van der Waals surface area contributed by atoms with Crippen LogP contribution >= 0.6 is 11.6 Å². The quantitative estimate of drug-likeness (QED) is 0.829. The van der Waals surface area contributed by atoms with Gasteiger partial charge in [0.15, 0.2) is 0 Å². The van der Waals surface area contributed by atoms with E-state index in [4.69, 9.17) is 11.6 Å². The molecule has 0 amide bonds. The van der Waals surface area contributed by atoms with Crippen LogP contribution in [0.1, 0.15) is 44.2 Å². The molecule has 0 saturated heterocycles. The maximum Gasteiger partial charge on any atom is 0.0453 e. The van der Waals surface area contributed by atoms with Crippen LogP contribution in [0.25, 0.3) is 0 Å². The third kappa shape index (κ3) is 2.99. The van der Waals surface area contributed by atoms with Gasteiger partial charge in [0.2, 0.25) is 0 Å². The average molecular weight is 238 g/mol. The third-order valence-electron chi connectivity index (χ3n) is 3.56. The Morgan fingerprint density at radius 2 is 2.00 bits per heavy atom. The highest BCUT2D eigenvalue weighted by atomic mass is 35.5. The van der Waals surface area contributed by atoms with Gasteiger partial charge in [-0.25, -0.2) is 0 Å². The summed E-state index contributed by atoms with van der Waals surface area (Å²) in [6.07, 6.45) is 5.60. The zero-order valence-electron chi connectivity index (χ0n) is 9.88. The van der Waals surface area contributed by atoms with E-state index in [-0.39, 0.29) is 0 Å². The summed E-state index contributed by atoms with van der Waals surface area (Å²) >= 11 is 6.17. The molecule has 0 aliphatic heterocycles. The number of nitrogens with one attached hydrogen (secondary N) is 1. The Balaban J connectivity index is 1.87. The van der Waals surface area contributed by atoms with E-state index in [1.165, 1.54) is 31.2 Å². The number of hydrogen-bond donors (Lipinski definition) is 1. The summed E-state index contributed by atoms with van der Waals surface area (Å²) in [4.78, 5) is 0. The van der Waals surface area contributed by atoms with Crippen molar-refractivity contribution in [1.29, 1.82) is 0 Å². The summed E-state index contributed by atoms with van der Waals surface area (Å²) in [5.74, 6) is 0.880. The van der Waals surface area contributed by atoms with E-state index in [9.17, 15) is 0 Å². The number of hydrogen-bond acceptors (Lipinski definition) is 1. The maximum absolute atomic E-state index is 6.17. The Labute approximate surface area is 103 Å². The van der Waals surface area contributed by atoms with E-state index < -0.39 is 0 Å². The first-order valence-electron chi connectivity index (χ1n) is 6.25. The molecule has 16 heavy (non-hydrogen) atoms. The Morgan fingerprint density at radius 1 is 1.31 bits per heavy atom. The molecule has 1 nitrogen and oxygen atoms in total. The summed E-state index contributed by atoms with van der Waals surface area (Å²) in [7, 11) is 0. The Hall–Kier alpha value is -0.530. The summed E-state index contributed by atoms with van der Waals surface area (Å²) in [6, 6.07) is 8.46. The minimum Gasteiger partial charge on any atom is -0.310 e. The standard InChI is InChI=1S/C14H20ClN/c1-11(13-8-4-5-9-14(13)15)16-10-12-6-2-3-7-12/h4-5,8-9,11-12,16H,2-3,6-7,10H2,1H3/t11-/m0/s1. The van der Waals surface area contributed by atoms with Crippen LogP contribution in [-0.4, -0.2) is 6.54 Å². The van der Waals surface area contributed by atoms with Gasteiger partial charge in [-0.15, -0.1) is 0 Å². The lowest BCUT2D eigenvalue weighted by atomic mass is 10.1. The van der Waals surface area contributed by atoms with Crippen LogP contribution in [-0.2, 0) is 0 Å². The van der Waals surface area contributed by atoms with E-state index in [0.717, 1.165) is 17.5 Å². The van der Waals surface area contributed by atoms with E-state index in [1.54, 1.807) is 0 Å². The maximum atomic E-state index is 6.17. The molecule has 1 aliphatic carbocycles. The van der Waals surface area contributed by atoms with Gasteiger partial charge in [0.25, 0.3) is 0 Å². The normalized spacial score (nSPS) is 18.9. The second-order valence-electron chi connectivity index (χ2n) is 4.80. The predicted octanol–water partition coefficient (Wildman–Crippen LogP) is 4.18. The zero-order valence-corrected chi connectivity index (χ0v) is 10.6. The lowest BCUT2D eigenvalue weighted by Crippen LogP contribution is -2.24. The molecule has 0 radical (unpaired) electrons. The molecule has 1 aromatic rings. The average Bonchev–Trinajstić information content (AvgIpc) is 2.79. The molecule has 1 aliphatic rings.